The number of nitriles is 1. The minimum Gasteiger partial charge on any atom is -0.365 e. The molecule has 0 radical (unpaired) electrons. The maximum absolute atomic E-state index is 9.18. The van der Waals surface area contributed by atoms with Gasteiger partial charge in [-0.3, -0.25) is 4.90 Å². The van der Waals surface area contributed by atoms with E-state index in [1.807, 2.05) is 13.0 Å². The van der Waals surface area contributed by atoms with Gasteiger partial charge >= 0.3 is 0 Å². The van der Waals surface area contributed by atoms with Crippen molar-refractivity contribution in [3.63, 3.8) is 0 Å². The lowest BCUT2D eigenvalue weighted by Crippen LogP contribution is -2.28. The molecule has 4 heteroatoms. The first kappa shape index (κ1) is 11.5. The Morgan fingerprint density at radius 2 is 2.28 bits per heavy atom. The lowest BCUT2D eigenvalue weighted by atomic mass is 10.1. The SMILES string of the molecule is Cc1ccnc(NC2CCN(C3CC3)C2)c1C#N. The molecule has 1 saturated carbocycles. The van der Waals surface area contributed by atoms with Gasteiger partial charge in [0.15, 0.2) is 0 Å². The number of nitrogens with zero attached hydrogens (tertiary/aromatic N) is 3. The number of aromatic nitrogens is 1. The van der Waals surface area contributed by atoms with E-state index in [9.17, 15) is 5.26 Å². The Labute approximate surface area is 108 Å². The van der Waals surface area contributed by atoms with Crippen LogP contribution in [0, 0.1) is 18.3 Å². The fraction of sp³-hybridized carbons (Fsp3) is 0.571. The first-order valence-corrected chi connectivity index (χ1v) is 6.64. The van der Waals surface area contributed by atoms with Gasteiger partial charge in [0.05, 0.1) is 5.56 Å². The minimum atomic E-state index is 0.437. The van der Waals surface area contributed by atoms with Gasteiger partial charge in [0.2, 0.25) is 0 Å². The highest BCUT2D eigenvalue weighted by Crippen LogP contribution is 2.30. The van der Waals surface area contributed by atoms with E-state index >= 15 is 0 Å². The fourth-order valence-electron chi connectivity index (χ4n) is 2.68. The maximum Gasteiger partial charge on any atom is 0.144 e. The quantitative estimate of drug-likeness (QED) is 0.879. The highest BCUT2D eigenvalue weighted by Gasteiger charge is 2.34. The van der Waals surface area contributed by atoms with Gasteiger partial charge in [-0.2, -0.15) is 5.26 Å². The number of likely N-dealkylation sites (tertiary alicyclic amines) is 1. The van der Waals surface area contributed by atoms with Gasteiger partial charge in [-0.25, -0.2) is 4.98 Å². The summed E-state index contributed by atoms with van der Waals surface area (Å²) in [6.07, 6.45) is 5.64. The second-order valence-electron chi connectivity index (χ2n) is 5.32. The predicted molar refractivity (Wildman–Crippen MR) is 70.3 cm³/mol. The summed E-state index contributed by atoms with van der Waals surface area (Å²) in [6, 6.07) is 5.40. The molecule has 1 unspecified atom stereocenters. The van der Waals surface area contributed by atoms with Crippen molar-refractivity contribution >= 4 is 5.82 Å². The molecule has 94 valence electrons. The smallest absolute Gasteiger partial charge is 0.144 e. The summed E-state index contributed by atoms with van der Waals surface area (Å²) in [6.45, 7) is 4.22. The van der Waals surface area contributed by atoms with Crippen molar-refractivity contribution in [3.8, 4) is 6.07 Å². The van der Waals surface area contributed by atoms with E-state index in [1.54, 1.807) is 6.20 Å². The lowest BCUT2D eigenvalue weighted by molar-refractivity contribution is 0.326. The molecule has 18 heavy (non-hydrogen) atoms. The maximum atomic E-state index is 9.18. The summed E-state index contributed by atoms with van der Waals surface area (Å²) in [5.74, 6) is 0.750. The second kappa shape index (κ2) is 4.58. The zero-order valence-electron chi connectivity index (χ0n) is 10.7. The van der Waals surface area contributed by atoms with Gasteiger partial charge in [-0.05, 0) is 37.8 Å². The molecule has 3 rings (SSSR count). The van der Waals surface area contributed by atoms with E-state index in [-0.39, 0.29) is 0 Å². The Hall–Kier alpha value is -1.60. The molecule has 1 atom stereocenters. The van der Waals surface area contributed by atoms with E-state index in [0.29, 0.717) is 11.6 Å². The molecule has 2 fully saturated rings. The molecule has 1 aliphatic carbocycles. The first-order chi connectivity index (χ1) is 8.78. The molecule has 2 heterocycles. The summed E-state index contributed by atoms with van der Waals surface area (Å²) in [5.41, 5.74) is 1.68. The van der Waals surface area contributed by atoms with Crippen LogP contribution in [0.1, 0.15) is 30.4 Å². The summed E-state index contributed by atoms with van der Waals surface area (Å²) >= 11 is 0. The second-order valence-corrected chi connectivity index (χ2v) is 5.32. The zero-order chi connectivity index (χ0) is 12.5. The van der Waals surface area contributed by atoms with Crippen LogP contribution in [-0.2, 0) is 0 Å². The number of rotatable bonds is 3. The third-order valence-electron chi connectivity index (χ3n) is 3.89. The summed E-state index contributed by atoms with van der Waals surface area (Å²) in [7, 11) is 0. The van der Waals surface area contributed by atoms with Crippen molar-refractivity contribution in [1.82, 2.24) is 9.88 Å². The first-order valence-electron chi connectivity index (χ1n) is 6.64. The number of hydrogen-bond acceptors (Lipinski definition) is 4. The molecule has 0 spiro atoms. The summed E-state index contributed by atoms with van der Waals surface area (Å²) < 4.78 is 0. The van der Waals surface area contributed by atoms with E-state index in [4.69, 9.17) is 0 Å². The number of nitrogens with one attached hydrogen (secondary N) is 1. The predicted octanol–water partition coefficient (Wildman–Crippen LogP) is 1.91. The third-order valence-corrected chi connectivity index (χ3v) is 3.89. The van der Waals surface area contributed by atoms with Crippen LogP contribution >= 0.6 is 0 Å². The third kappa shape index (κ3) is 2.19. The zero-order valence-corrected chi connectivity index (χ0v) is 10.7. The monoisotopic (exact) mass is 242 g/mol. The molecule has 4 nitrogen and oxygen atoms in total. The Balaban J connectivity index is 1.70. The molecule has 1 N–H and O–H groups in total. The van der Waals surface area contributed by atoms with Gasteiger partial charge in [-0.15, -0.1) is 0 Å². The number of anilines is 1. The molecular weight excluding hydrogens is 224 g/mol. The Morgan fingerprint density at radius 3 is 3.00 bits per heavy atom. The van der Waals surface area contributed by atoms with Crippen molar-refractivity contribution in [3.05, 3.63) is 23.4 Å². The molecule has 1 saturated heterocycles. The van der Waals surface area contributed by atoms with Crippen LogP contribution in [0.4, 0.5) is 5.82 Å². The average molecular weight is 242 g/mol. The van der Waals surface area contributed by atoms with Crippen molar-refractivity contribution in [2.24, 2.45) is 0 Å². The number of hydrogen-bond donors (Lipinski definition) is 1. The Bertz CT molecular complexity index is 487. The number of pyridine rings is 1. The summed E-state index contributed by atoms with van der Waals surface area (Å²) in [5, 5.41) is 12.6. The van der Waals surface area contributed by atoms with Crippen molar-refractivity contribution in [2.75, 3.05) is 18.4 Å². The van der Waals surface area contributed by atoms with Gasteiger partial charge in [-0.1, -0.05) is 0 Å². The van der Waals surface area contributed by atoms with Crippen molar-refractivity contribution in [1.29, 1.82) is 5.26 Å². The average Bonchev–Trinajstić information content (AvgIpc) is 3.11. The molecule has 0 bridgehead atoms. The summed E-state index contributed by atoms with van der Waals surface area (Å²) in [4.78, 5) is 6.86. The van der Waals surface area contributed by atoms with E-state index < -0.39 is 0 Å². The molecule has 2 aliphatic rings. The topological polar surface area (TPSA) is 52.0 Å². The van der Waals surface area contributed by atoms with Gasteiger partial charge in [0, 0.05) is 31.4 Å². The van der Waals surface area contributed by atoms with Gasteiger partial charge < -0.3 is 5.32 Å². The normalized spacial score (nSPS) is 23.9. The van der Waals surface area contributed by atoms with Crippen LogP contribution in [0.15, 0.2) is 12.3 Å². The van der Waals surface area contributed by atoms with Crippen LogP contribution in [0.5, 0.6) is 0 Å². The van der Waals surface area contributed by atoms with Crippen LogP contribution in [-0.4, -0.2) is 35.1 Å². The van der Waals surface area contributed by atoms with Crippen LogP contribution < -0.4 is 5.32 Å². The van der Waals surface area contributed by atoms with Crippen LogP contribution in [0.25, 0.3) is 0 Å². The molecule has 1 aliphatic heterocycles. The van der Waals surface area contributed by atoms with E-state index in [1.165, 1.54) is 19.4 Å². The molecule has 1 aromatic heterocycles. The standard InChI is InChI=1S/C14H18N4/c1-10-4-6-16-14(13(10)8-15)17-11-5-7-18(9-11)12-2-3-12/h4,6,11-12H,2-3,5,7,9H2,1H3,(H,16,17). The molecular formula is C14H18N4. The molecule has 1 aromatic rings. The van der Waals surface area contributed by atoms with E-state index in [2.05, 4.69) is 21.3 Å². The number of aryl methyl sites for hydroxylation is 1. The fourth-order valence-corrected chi connectivity index (χ4v) is 2.68. The van der Waals surface area contributed by atoms with Crippen LogP contribution in [0.3, 0.4) is 0 Å². The van der Waals surface area contributed by atoms with Crippen molar-refractivity contribution < 1.29 is 0 Å². The van der Waals surface area contributed by atoms with Crippen LogP contribution in [0.2, 0.25) is 0 Å². The molecule has 0 aromatic carbocycles. The largest absolute Gasteiger partial charge is 0.365 e. The van der Waals surface area contributed by atoms with E-state index in [0.717, 1.165) is 30.4 Å². The highest BCUT2D eigenvalue weighted by atomic mass is 15.2. The Morgan fingerprint density at radius 1 is 1.44 bits per heavy atom. The minimum absolute atomic E-state index is 0.437. The van der Waals surface area contributed by atoms with Crippen molar-refractivity contribution in [2.45, 2.75) is 38.3 Å². The highest BCUT2D eigenvalue weighted by molar-refractivity contribution is 5.55. The molecule has 0 amide bonds. The Kier molecular flexibility index (Phi) is 2.92. The lowest BCUT2D eigenvalue weighted by Gasteiger charge is -2.17. The van der Waals surface area contributed by atoms with Gasteiger partial charge in [0.1, 0.15) is 11.9 Å². The van der Waals surface area contributed by atoms with Gasteiger partial charge in [0.25, 0.3) is 0 Å².